The van der Waals surface area contributed by atoms with Crippen LogP contribution in [0, 0.1) is 18.2 Å². The summed E-state index contributed by atoms with van der Waals surface area (Å²) in [6.07, 6.45) is -3.36. The molecule has 1 saturated heterocycles. The van der Waals surface area contributed by atoms with Gasteiger partial charge in [0.15, 0.2) is 5.65 Å². The number of hydrogen-bond donors (Lipinski definition) is 0. The lowest BCUT2D eigenvalue weighted by molar-refractivity contribution is -0.159. The zero-order valence-corrected chi connectivity index (χ0v) is 22.2. The zero-order chi connectivity index (χ0) is 27.8. The number of rotatable bonds is 7. The van der Waals surface area contributed by atoms with Gasteiger partial charge in [0.1, 0.15) is 17.1 Å². The fourth-order valence-corrected chi connectivity index (χ4v) is 5.34. The van der Waals surface area contributed by atoms with Crippen LogP contribution in [0.4, 0.5) is 23.4 Å². The van der Waals surface area contributed by atoms with E-state index in [1.165, 1.54) is 0 Å². The lowest BCUT2D eigenvalue weighted by atomic mass is 9.80. The van der Waals surface area contributed by atoms with Gasteiger partial charge in [-0.05, 0) is 50.8 Å². The van der Waals surface area contributed by atoms with Crippen LogP contribution in [0.25, 0.3) is 16.9 Å². The second-order valence-electron chi connectivity index (χ2n) is 10.0. The van der Waals surface area contributed by atoms with Crippen molar-refractivity contribution in [1.82, 2.24) is 14.6 Å². The number of alkyl halides is 3. The van der Waals surface area contributed by atoms with Crippen molar-refractivity contribution in [2.24, 2.45) is 5.41 Å². The molecule has 11 heteroatoms. The van der Waals surface area contributed by atoms with E-state index in [0.29, 0.717) is 43.5 Å². The van der Waals surface area contributed by atoms with Gasteiger partial charge < -0.3 is 14.4 Å². The maximum Gasteiger partial charge on any atom is 0.416 e. The van der Waals surface area contributed by atoms with E-state index in [1.807, 2.05) is 20.8 Å². The predicted octanol–water partition coefficient (Wildman–Crippen LogP) is 5.78. The first-order chi connectivity index (χ1) is 17.9. The lowest BCUT2D eigenvalue weighted by Crippen LogP contribution is -2.52. The molecule has 0 N–H and O–H groups in total. The number of benzene rings is 1. The molecule has 0 spiro atoms. The summed E-state index contributed by atoms with van der Waals surface area (Å²) in [6.45, 7) is 9.08. The largest absolute Gasteiger partial charge is 0.465 e. The minimum absolute atomic E-state index is 0.0405. The number of piperidine rings is 1. The molecule has 0 saturated carbocycles. The minimum atomic E-state index is -4.65. The van der Waals surface area contributed by atoms with Crippen LogP contribution >= 0.6 is 0 Å². The number of fused-ring (bicyclic) bond motifs is 1. The van der Waals surface area contributed by atoms with Gasteiger partial charge in [-0.2, -0.15) is 22.8 Å². The van der Waals surface area contributed by atoms with Crippen molar-refractivity contribution in [2.75, 3.05) is 38.3 Å². The normalized spacial score (nSPS) is 18.4. The minimum Gasteiger partial charge on any atom is -0.465 e. The molecule has 7 nitrogen and oxygen atoms in total. The van der Waals surface area contributed by atoms with Gasteiger partial charge in [0.2, 0.25) is 0 Å². The molecule has 0 aliphatic carbocycles. The Morgan fingerprint density at radius 1 is 1.24 bits per heavy atom. The number of aromatic nitrogens is 3. The van der Waals surface area contributed by atoms with Gasteiger partial charge in [-0.1, -0.05) is 13.8 Å². The molecule has 2 aromatic heterocycles. The Labute approximate surface area is 218 Å². The molecule has 3 aromatic rings. The molecular formula is C27H32F4N4O3. The van der Waals surface area contributed by atoms with Gasteiger partial charge in [0.25, 0.3) is 0 Å². The van der Waals surface area contributed by atoms with E-state index < -0.39 is 23.0 Å². The van der Waals surface area contributed by atoms with Crippen LogP contribution < -0.4 is 4.90 Å². The van der Waals surface area contributed by atoms with Gasteiger partial charge >= 0.3 is 12.1 Å². The van der Waals surface area contributed by atoms with Crippen LogP contribution in [-0.4, -0.2) is 54.0 Å². The Bertz CT molecular complexity index is 1330. The molecule has 1 unspecified atom stereocenters. The third-order valence-electron chi connectivity index (χ3n) is 6.96. The first-order valence-electron chi connectivity index (χ1n) is 12.6. The number of hydrogen-bond acceptors (Lipinski definition) is 6. The second-order valence-corrected chi connectivity index (χ2v) is 10.0. The van der Waals surface area contributed by atoms with E-state index >= 15 is 0 Å². The topological polar surface area (TPSA) is 69.0 Å². The molecular weight excluding hydrogens is 504 g/mol. The first-order valence-corrected chi connectivity index (χ1v) is 12.6. The fourth-order valence-electron chi connectivity index (χ4n) is 5.34. The highest BCUT2D eigenvalue weighted by molar-refractivity contribution is 5.79. The number of anilines is 1. The zero-order valence-electron chi connectivity index (χ0n) is 22.2. The van der Waals surface area contributed by atoms with E-state index in [1.54, 1.807) is 24.6 Å². The number of esters is 1. The Kier molecular flexibility index (Phi) is 7.69. The summed E-state index contributed by atoms with van der Waals surface area (Å²) in [5.74, 6) is -0.595. The average molecular weight is 537 g/mol. The Morgan fingerprint density at radius 3 is 2.58 bits per heavy atom. The van der Waals surface area contributed by atoms with Crippen LogP contribution in [0.3, 0.4) is 0 Å². The smallest absolute Gasteiger partial charge is 0.416 e. The third kappa shape index (κ3) is 5.08. The number of carbonyl (C=O) groups is 1. The summed E-state index contributed by atoms with van der Waals surface area (Å²) in [5, 5.41) is 4.61. The number of methoxy groups -OCH3 is 1. The van der Waals surface area contributed by atoms with Crippen molar-refractivity contribution in [1.29, 1.82) is 0 Å². The molecule has 206 valence electrons. The Balaban J connectivity index is 1.87. The second kappa shape index (κ2) is 10.5. The molecule has 1 atom stereocenters. The SMILES string of the molecule is CCOC(=O)C1(COC)CCCN(c2c(C(C)C)c(C)nc3cc(-c4ccc(C(F)(F)F)cc4F)nn23)C1. The third-order valence-corrected chi connectivity index (χ3v) is 6.96. The highest BCUT2D eigenvalue weighted by Gasteiger charge is 2.45. The molecule has 1 aromatic carbocycles. The molecule has 0 bridgehead atoms. The number of carbonyl (C=O) groups excluding carboxylic acids is 1. The predicted molar refractivity (Wildman–Crippen MR) is 135 cm³/mol. The molecule has 38 heavy (non-hydrogen) atoms. The maximum absolute atomic E-state index is 14.8. The van der Waals surface area contributed by atoms with Gasteiger partial charge in [0.05, 0.1) is 24.5 Å². The van der Waals surface area contributed by atoms with Crippen LogP contribution in [0.1, 0.15) is 56.4 Å². The van der Waals surface area contributed by atoms with E-state index in [0.717, 1.165) is 23.4 Å². The molecule has 3 heterocycles. The van der Waals surface area contributed by atoms with Crippen molar-refractivity contribution in [3.8, 4) is 11.3 Å². The van der Waals surface area contributed by atoms with Crippen LogP contribution in [-0.2, 0) is 20.4 Å². The molecule has 1 aliphatic heterocycles. The number of nitrogens with zero attached hydrogens (tertiary/aromatic N) is 4. The quantitative estimate of drug-likeness (QED) is 0.282. The van der Waals surface area contributed by atoms with Crippen molar-refractivity contribution >= 4 is 17.4 Å². The summed E-state index contributed by atoms with van der Waals surface area (Å²) in [6, 6.07) is 3.96. The number of ether oxygens (including phenoxy) is 2. The highest BCUT2D eigenvalue weighted by Crippen LogP contribution is 2.39. The maximum atomic E-state index is 14.8. The Morgan fingerprint density at radius 2 is 1.97 bits per heavy atom. The first kappa shape index (κ1) is 27.8. The van der Waals surface area contributed by atoms with E-state index in [-0.39, 0.29) is 36.4 Å². The van der Waals surface area contributed by atoms with Crippen LogP contribution in [0.15, 0.2) is 24.3 Å². The van der Waals surface area contributed by atoms with E-state index in [9.17, 15) is 22.4 Å². The molecule has 0 radical (unpaired) electrons. The van der Waals surface area contributed by atoms with Gasteiger partial charge in [-0.15, -0.1) is 0 Å². The summed E-state index contributed by atoms with van der Waals surface area (Å²) < 4.78 is 66.5. The standard InChI is InChI=1S/C27H32F4N4O3/c1-6-38-25(36)26(15-37-5)10-7-11-34(14-26)24-23(16(2)3)17(4)32-22-13-21(33-35(22)24)19-9-8-18(12-20(19)28)27(29,30)31/h8-9,12-13,16H,6-7,10-11,14-15H2,1-5H3. The number of halogens is 4. The van der Waals surface area contributed by atoms with E-state index in [4.69, 9.17) is 9.47 Å². The Hall–Kier alpha value is -3.21. The average Bonchev–Trinajstić information content (AvgIpc) is 3.26. The van der Waals surface area contributed by atoms with Crippen molar-refractivity contribution < 1.29 is 31.8 Å². The van der Waals surface area contributed by atoms with Gasteiger partial charge in [0, 0.05) is 43.1 Å². The summed E-state index contributed by atoms with van der Waals surface area (Å²) in [7, 11) is 1.55. The summed E-state index contributed by atoms with van der Waals surface area (Å²) in [5.41, 5.74) is 0.248. The van der Waals surface area contributed by atoms with Gasteiger partial charge in [-0.3, -0.25) is 4.79 Å². The van der Waals surface area contributed by atoms with Gasteiger partial charge in [-0.25, -0.2) is 9.37 Å². The van der Waals surface area contributed by atoms with Crippen LogP contribution in [0.2, 0.25) is 0 Å². The van der Waals surface area contributed by atoms with Crippen LogP contribution in [0.5, 0.6) is 0 Å². The lowest BCUT2D eigenvalue weighted by Gasteiger charge is -2.42. The van der Waals surface area contributed by atoms with Crippen molar-refractivity contribution in [3.63, 3.8) is 0 Å². The summed E-state index contributed by atoms with van der Waals surface area (Å²) in [4.78, 5) is 19.8. The monoisotopic (exact) mass is 536 g/mol. The molecule has 1 fully saturated rings. The number of aryl methyl sites for hydroxylation is 1. The fraction of sp³-hybridized carbons (Fsp3) is 0.519. The molecule has 1 aliphatic rings. The highest BCUT2D eigenvalue weighted by atomic mass is 19.4. The van der Waals surface area contributed by atoms with E-state index in [2.05, 4.69) is 15.0 Å². The summed E-state index contributed by atoms with van der Waals surface area (Å²) >= 11 is 0. The molecule has 4 rings (SSSR count). The van der Waals surface area contributed by atoms with Crippen molar-refractivity contribution in [3.05, 3.63) is 46.9 Å². The van der Waals surface area contributed by atoms with Crippen molar-refractivity contribution in [2.45, 2.75) is 52.6 Å². The molecule has 0 amide bonds.